The minimum absolute atomic E-state index is 0.0381. The molecular formula is C17H28N2O5. The molecule has 0 saturated heterocycles. The minimum Gasteiger partial charge on any atom is -0.463 e. The number of nitrogens with one attached hydrogen (secondary N) is 2. The number of esters is 1. The predicted molar refractivity (Wildman–Crippen MR) is 89.0 cm³/mol. The number of hydrogen-bond donors (Lipinski definition) is 3. The molecule has 0 spiro atoms. The second-order valence-electron chi connectivity index (χ2n) is 6.83. The highest BCUT2D eigenvalue weighted by atomic mass is 16.5. The Morgan fingerprint density at radius 3 is 2.83 bits per heavy atom. The van der Waals surface area contributed by atoms with Gasteiger partial charge in [0.15, 0.2) is 0 Å². The van der Waals surface area contributed by atoms with Gasteiger partial charge in [0.1, 0.15) is 6.61 Å². The molecule has 136 valence electrons. The van der Waals surface area contributed by atoms with E-state index in [-0.39, 0.29) is 43.5 Å². The van der Waals surface area contributed by atoms with Gasteiger partial charge in [-0.3, -0.25) is 14.4 Å². The monoisotopic (exact) mass is 340 g/mol. The Balaban J connectivity index is 2.79. The van der Waals surface area contributed by atoms with Crippen LogP contribution in [0.2, 0.25) is 0 Å². The summed E-state index contributed by atoms with van der Waals surface area (Å²) in [5.41, 5.74) is -0.706. The van der Waals surface area contributed by atoms with Crippen molar-refractivity contribution in [3.8, 4) is 0 Å². The molecule has 0 radical (unpaired) electrons. The average molecular weight is 340 g/mol. The van der Waals surface area contributed by atoms with Crippen LogP contribution in [0.1, 0.15) is 46.5 Å². The Bertz CT molecular complexity index is 487. The Kier molecular flexibility index (Phi) is 7.91. The molecule has 1 aliphatic rings. The van der Waals surface area contributed by atoms with Crippen LogP contribution in [-0.4, -0.2) is 47.7 Å². The summed E-state index contributed by atoms with van der Waals surface area (Å²) in [6.45, 7) is 5.16. The van der Waals surface area contributed by atoms with Crippen LogP contribution < -0.4 is 10.6 Å². The molecule has 7 nitrogen and oxygen atoms in total. The molecule has 0 fully saturated rings. The molecule has 3 N–H and O–H groups in total. The van der Waals surface area contributed by atoms with E-state index in [0.717, 1.165) is 0 Å². The van der Waals surface area contributed by atoms with Crippen molar-refractivity contribution >= 4 is 17.8 Å². The summed E-state index contributed by atoms with van der Waals surface area (Å²) in [7, 11) is 0. The number of cyclic esters (lactones) is 1. The average Bonchev–Trinajstić information content (AvgIpc) is 2.50. The van der Waals surface area contributed by atoms with E-state index in [0.29, 0.717) is 19.3 Å². The van der Waals surface area contributed by atoms with E-state index in [1.807, 2.05) is 12.2 Å². The summed E-state index contributed by atoms with van der Waals surface area (Å²) in [6, 6.07) is -0.349. The lowest BCUT2D eigenvalue weighted by atomic mass is 9.96. The number of hydrogen-bond acceptors (Lipinski definition) is 5. The van der Waals surface area contributed by atoms with Gasteiger partial charge in [-0.15, -0.1) is 0 Å². The SMILES string of the molecule is C[C@@H](CO)NC(=O)C[C@H]1CC=CCCC(=O)OCC(C)(C)NC1=O. The first-order valence-corrected chi connectivity index (χ1v) is 8.26. The third-order valence-corrected chi connectivity index (χ3v) is 3.64. The molecule has 7 heteroatoms. The molecule has 0 aromatic rings. The molecule has 1 aliphatic heterocycles. The van der Waals surface area contributed by atoms with Crippen molar-refractivity contribution in [3.63, 3.8) is 0 Å². The summed E-state index contributed by atoms with van der Waals surface area (Å²) in [5.74, 6) is -1.34. The van der Waals surface area contributed by atoms with E-state index in [4.69, 9.17) is 9.84 Å². The lowest BCUT2D eigenvalue weighted by Gasteiger charge is -2.28. The van der Waals surface area contributed by atoms with Crippen LogP contribution in [0.5, 0.6) is 0 Å². The van der Waals surface area contributed by atoms with Gasteiger partial charge in [-0.2, -0.15) is 0 Å². The van der Waals surface area contributed by atoms with Crippen LogP contribution in [0.15, 0.2) is 12.2 Å². The third kappa shape index (κ3) is 7.59. The Morgan fingerprint density at radius 1 is 1.46 bits per heavy atom. The van der Waals surface area contributed by atoms with Crippen molar-refractivity contribution in [1.29, 1.82) is 0 Å². The molecule has 1 heterocycles. The lowest BCUT2D eigenvalue weighted by molar-refractivity contribution is -0.146. The Morgan fingerprint density at radius 2 is 2.17 bits per heavy atom. The largest absolute Gasteiger partial charge is 0.463 e. The van der Waals surface area contributed by atoms with Crippen LogP contribution in [-0.2, 0) is 19.1 Å². The number of carbonyl (C=O) groups is 3. The van der Waals surface area contributed by atoms with Crippen LogP contribution in [0.25, 0.3) is 0 Å². The van der Waals surface area contributed by atoms with Crippen LogP contribution in [0, 0.1) is 5.92 Å². The summed E-state index contributed by atoms with van der Waals surface area (Å²) < 4.78 is 5.17. The van der Waals surface area contributed by atoms with Gasteiger partial charge in [-0.25, -0.2) is 0 Å². The zero-order valence-electron chi connectivity index (χ0n) is 14.6. The second kappa shape index (κ2) is 9.42. The summed E-state index contributed by atoms with van der Waals surface area (Å²) in [4.78, 5) is 36.1. The van der Waals surface area contributed by atoms with Crippen molar-refractivity contribution in [1.82, 2.24) is 10.6 Å². The molecule has 0 aliphatic carbocycles. The molecular weight excluding hydrogens is 312 g/mol. The molecule has 2 atom stereocenters. The minimum atomic E-state index is -0.706. The lowest BCUT2D eigenvalue weighted by Crippen LogP contribution is -2.50. The fourth-order valence-electron chi connectivity index (χ4n) is 2.27. The number of allylic oxidation sites excluding steroid dienone is 2. The van der Waals surface area contributed by atoms with Gasteiger partial charge >= 0.3 is 5.97 Å². The zero-order valence-corrected chi connectivity index (χ0v) is 14.6. The number of carbonyl (C=O) groups excluding carboxylic acids is 3. The van der Waals surface area contributed by atoms with Crippen molar-refractivity contribution in [2.45, 2.75) is 58.0 Å². The van der Waals surface area contributed by atoms with Gasteiger partial charge in [-0.1, -0.05) is 12.2 Å². The molecule has 0 aromatic heterocycles. The Hall–Kier alpha value is -1.89. The predicted octanol–water partition coefficient (Wildman–Crippen LogP) is 0.668. The zero-order chi connectivity index (χ0) is 18.2. The van der Waals surface area contributed by atoms with Crippen LogP contribution >= 0.6 is 0 Å². The number of aliphatic hydroxyl groups is 1. The van der Waals surface area contributed by atoms with Crippen LogP contribution in [0.3, 0.4) is 0 Å². The van der Waals surface area contributed by atoms with Gasteiger partial charge in [0.25, 0.3) is 0 Å². The summed E-state index contributed by atoms with van der Waals surface area (Å²) in [6.07, 6.45) is 4.92. The van der Waals surface area contributed by atoms with Crippen molar-refractivity contribution in [2.24, 2.45) is 5.92 Å². The highest BCUT2D eigenvalue weighted by molar-refractivity contribution is 5.86. The van der Waals surface area contributed by atoms with Gasteiger partial charge in [-0.05, 0) is 33.6 Å². The molecule has 2 amide bonds. The van der Waals surface area contributed by atoms with E-state index >= 15 is 0 Å². The maximum absolute atomic E-state index is 12.5. The highest BCUT2D eigenvalue weighted by Crippen LogP contribution is 2.15. The van der Waals surface area contributed by atoms with Gasteiger partial charge in [0, 0.05) is 18.9 Å². The smallest absolute Gasteiger partial charge is 0.306 e. The maximum atomic E-state index is 12.5. The molecule has 1 rings (SSSR count). The second-order valence-corrected chi connectivity index (χ2v) is 6.83. The number of aliphatic hydroxyl groups excluding tert-OH is 1. The topological polar surface area (TPSA) is 105 Å². The van der Waals surface area contributed by atoms with E-state index in [1.165, 1.54) is 0 Å². The summed E-state index contributed by atoms with van der Waals surface area (Å²) in [5, 5.41) is 14.5. The quantitative estimate of drug-likeness (QED) is 0.515. The standard InChI is InChI=1S/C17H28N2O5/c1-12(10-20)18-14(21)9-13-7-5-4-6-8-15(22)24-11-17(2,3)19-16(13)23/h4-5,12-13,20H,6-11H2,1-3H3,(H,18,21)(H,19,23)/t12-,13+/m0/s1. The first-order valence-electron chi connectivity index (χ1n) is 8.26. The van der Waals surface area contributed by atoms with Crippen LogP contribution in [0.4, 0.5) is 0 Å². The van der Waals surface area contributed by atoms with E-state index in [1.54, 1.807) is 20.8 Å². The van der Waals surface area contributed by atoms with Gasteiger partial charge in [0.2, 0.25) is 11.8 Å². The normalized spacial score (nSPS) is 23.2. The molecule has 0 bridgehead atoms. The first kappa shape index (κ1) is 20.2. The molecule has 24 heavy (non-hydrogen) atoms. The summed E-state index contributed by atoms with van der Waals surface area (Å²) >= 11 is 0. The van der Waals surface area contributed by atoms with Crippen molar-refractivity contribution in [2.75, 3.05) is 13.2 Å². The third-order valence-electron chi connectivity index (χ3n) is 3.64. The maximum Gasteiger partial charge on any atom is 0.306 e. The fraction of sp³-hybridized carbons (Fsp3) is 0.706. The molecule has 0 aromatic carbocycles. The van der Waals surface area contributed by atoms with Crippen molar-refractivity contribution < 1.29 is 24.2 Å². The highest BCUT2D eigenvalue weighted by Gasteiger charge is 2.28. The molecule has 0 saturated carbocycles. The number of ether oxygens (including phenoxy) is 1. The fourth-order valence-corrected chi connectivity index (χ4v) is 2.27. The number of amides is 2. The molecule has 0 unspecified atom stereocenters. The van der Waals surface area contributed by atoms with Gasteiger partial charge < -0.3 is 20.5 Å². The van der Waals surface area contributed by atoms with E-state index in [9.17, 15) is 14.4 Å². The Labute approximate surface area is 142 Å². The van der Waals surface area contributed by atoms with Crippen molar-refractivity contribution in [3.05, 3.63) is 12.2 Å². The van der Waals surface area contributed by atoms with E-state index < -0.39 is 11.5 Å². The van der Waals surface area contributed by atoms with E-state index in [2.05, 4.69) is 10.6 Å². The number of rotatable bonds is 4. The van der Waals surface area contributed by atoms with Gasteiger partial charge in [0.05, 0.1) is 18.1 Å². The first-order chi connectivity index (χ1) is 11.2.